The lowest BCUT2D eigenvalue weighted by molar-refractivity contribution is -0.131. The van der Waals surface area contributed by atoms with Gasteiger partial charge in [0.05, 0.1) is 18.7 Å². The van der Waals surface area contributed by atoms with E-state index >= 15 is 0 Å². The fourth-order valence-electron chi connectivity index (χ4n) is 4.16. The number of nitrogens with one attached hydrogen (secondary N) is 2. The van der Waals surface area contributed by atoms with Gasteiger partial charge in [0.1, 0.15) is 17.6 Å². The van der Waals surface area contributed by atoms with Crippen LogP contribution in [0.1, 0.15) is 23.2 Å². The number of carbonyl (C=O) groups excluding carboxylic acids is 1. The number of carbonyl (C=O) groups is 1. The standard InChI is InChI=1S/C19H20FN3O3/c20-13-7-3-1-5-11(13)18-15-16(12-6-2-4-8-14(12)25)21-22-17(15)19(26)23(18)9-10-24/h1-8,15-18,21-22,24-25H,9-10H2. The van der Waals surface area contributed by atoms with Crippen molar-refractivity contribution in [2.24, 2.45) is 5.92 Å². The number of benzene rings is 2. The maximum atomic E-state index is 14.6. The van der Waals surface area contributed by atoms with Crippen molar-refractivity contribution < 1.29 is 19.4 Å². The number of aliphatic hydroxyl groups excluding tert-OH is 1. The molecule has 26 heavy (non-hydrogen) atoms. The number of amides is 1. The SMILES string of the molecule is O=C1C2NNC(c3ccccc3O)C2C(c2ccccc2F)N1CCO. The van der Waals surface area contributed by atoms with Gasteiger partial charge in [-0.25, -0.2) is 15.2 Å². The zero-order valence-electron chi connectivity index (χ0n) is 14.0. The van der Waals surface area contributed by atoms with Crippen LogP contribution in [0.15, 0.2) is 48.5 Å². The molecule has 4 rings (SSSR count). The van der Waals surface area contributed by atoms with Gasteiger partial charge in [-0.2, -0.15) is 0 Å². The van der Waals surface area contributed by atoms with Crippen LogP contribution in [0.5, 0.6) is 5.75 Å². The number of likely N-dealkylation sites (tertiary alicyclic amines) is 1. The van der Waals surface area contributed by atoms with Crippen LogP contribution < -0.4 is 10.9 Å². The zero-order chi connectivity index (χ0) is 18.3. The van der Waals surface area contributed by atoms with Crippen LogP contribution in [0.4, 0.5) is 4.39 Å². The molecule has 0 saturated carbocycles. The number of β-amino-alcohol motifs (C(OH)–C–C–N with tert-alkyl or cyclic N) is 1. The molecule has 136 valence electrons. The van der Waals surface area contributed by atoms with Gasteiger partial charge in [-0.3, -0.25) is 4.79 Å². The van der Waals surface area contributed by atoms with Crippen LogP contribution in [0.3, 0.4) is 0 Å². The molecule has 4 unspecified atom stereocenters. The van der Waals surface area contributed by atoms with Crippen molar-refractivity contribution in [1.29, 1.82) is 0 Å². The second-order valence-corrected chi connectivity index (χ2v) is 6.60. The molecule has 4 N–H and O–H groups in total. The Morgan fingerprint density at radius 2 is 1.65 bits per heavy atom. The lowest BCUT2D eigenvalue weighted by Gasteiger charge is -2.31. The highest BCUT2D eigenvalue weighted by Gasteiger charge is 2.56. The van der Waals surface area contributed by atoms with Gasteiger partial charge in [0.15, 0.2) is 0 Å². The molecule has 0 spiro atoms. The molecule has 1 amide bonds. The summed E-state index contributed by atoms with van der Waals surface area (Å²) in [6, 6.07) is 11.8. The van der Waals surface area contributed by atoms with E-state index in [-0.39, 0.29) is 36.8 Å². The average Bonchev–Trinajstić information content (AvgIpc) is 3.17. The number of aliphatic hydroxyl groups is 1. The minimum absolute atomic E-state index is 0.118. The molecule has 2 fully saturated rings. The van der Waals surface area contributed by atoms with Gasteiger partial charge in [0, 0.05) is 23.6 Å². The van der Waals surface area contributed by atoms with Gasteiger partial charge in [0.2, 0.25) is 5.91 Å². The van der Waals surface area contributed by atoms with E-state index in [2.05, 4.69) is 10.9 Å². The van der Waals surface area contributed by atoms with Crippen LogP contribution in [-0.2, 0) is 4.79 Å². The number of phenolic OH excluding ortho intramolecular Hbond substituents is 1. The number of fused-ring (bicyclic) bond motifs is 1. The van der Waals surface area contributed by atoms with E-state index < -0.39 is 17.9 Å². The van der Waals surface area contributed by atoms with Gasteiger partial charge in [-0.15, -0.1) is 0 Å². The summed E-state index contributed by atoms with van der Waals surface area (Å²) in [5, 5.41) is 19.7. The largest absolute Gasteiger partial charge is 0.508 e. The Balaban J connectivity index is 1.81. The average molecular weight is 357 g/mol. The molecule has 2 heterocycles. The van der Waals surface area contributed by atoms with Gasteiger partial charge >= 0.3 is 0 Å². The number of hydrazine groups is 1. The Labute approximate surface area is 150 Å². The van der Waals surface area contributed by atoms with E-state index in [1.807, 2.05) is 6.07 Å². The first-order valence-electron chi connectivity index (χ1n) is 8.58. The number of hydrogen-bond acceptors (Lipinski definition) is 5. The molecule has 0 aliphatic carbocycles. The Kier molecular flexibility index (Phi) is 4.36. The number of rotatable bonds is 4. The summed E-state index contributed by atoms with van der Waals surface area (Å²) in [5.74, 6) is -0.799. The number of aromatic hydroxyl groups is 1. The quantitative estimate of drug-likeness (QED) is 0.662. The predicted molar refractivity (Wildman–Crippen MR) is 92.3 cm³/mol. The highest BCUT2D eigenvalue weighted by molar-refractivity contribution is 5.86. The van der Waals surface area contributed by atoms with Gasteiger partial charge in [-0.05, 0) is 12.1 Å². The first-order valence-corrected chi connectivity index (χ1v) is 8.58. The Morgan fingerprint density at radius 3 is 2.35 bits per heavy atom. The topological polar surface area (TPSA) is 84.8 Å². The summed E-state index contributed by atoms with van der Waals surface area (Å²) in [6.07, 6.45) is 0. The molecule has 2 aromatic rings. The minimum Gasteiger partial charge on any atom is -0.508 e. The number of nitrogens with zero attached hydrogens (tertiary/aromatic N) is 1. The van der Waals surface area contributed by atoms with E-state index in [9.17, 15) is 19.4 Å². The molecule has 4 atom stereocenters. The third-order valence-corrected chi connectivity index (χ3v) is 5.25. The molecule has 2 aliphatic heterocycles. The summed E-state index contributed by atoms with van der Waals surface area (Å²) in [5.41, 5.74) is 7.14. The second-order valence-electron chi connectivity index (χ2n) is 6.60. The van der Waals surface area contributed by atoms with Crippen LogP contribution in [0.25, 0.3) is 0 Å². The lowest BCUT2D eigenvalue weighted by atomic mass is 9.83. The Bertz CT molecular complexity index is 831. The fourth-order valence-corrected chi connectivity index (χ4v) is 4.16. The maximum absolute atomic E-state index is 14.6. The van der Waals surface area contributed by atoms with E-state index in [4.69, 9.17) is 0 Å². The Morgan fingerprint density at radius 1 is 1.00 bits per heavy atom. The van der Waals surface area contributed by atoms with Gasteiger partial charge < -0.3 is 15.1 Å². The predicted octanol–water partition coefficient (Wildman–Crippen LogP) is 1.24. The summed E-state index contributed by atoms with van der Waals surface area (Å²) >= 11 is 0. The molecule has 2 aromatic carbocycles. The van der Waals surface area contributed by atoms with Crippen LogP contribution in [-0.4, -0.2) is 40.2 Å². The summed E-state index contributed by atoms with van der Waals surface area (Å²) < 4.78 is 14.6. The van der Waals surface area contributed by atoms with E-state index in [0.29, 0.717) is 11.1 Å². The van der Waals surface area contributed by atoms with Crippen LogP contribution in [0.2, 0.25) is 0 Å². The van der Waals surface area contributed by atoms with Crippen molar-refractivity contribution in [3.8, 4) is 5.75 Å². The number of phenols is 1. The van der Waals surface area contributed by atoms with E-state index in [1.54, 1.807) is 36.4 Å². The molecule has 0 aromatic heterocycles. The number of hydrogen-bond donors (Lipinski definition) is 4. The summed E-state index contributed by atoms with van der Waals surface area (Å²) in [7, 11) is 0. The van der Waals surface area contributed by atoms with Crippen molar-refractivity contribution in [2.45, 2.75) is 18.1 Å². The third kappa shape index (κ3) is 2.56. The lowest BCUT2D eigenvalue weighted by Crippen LogP contribution is -2.42. The van der Waals surface area contributed by atoms with Crippen molar-refractivity contribution in [1.82, 2.24) is 15.8 Å². The number of halogens is 1. The highest BCUT2D eigenvalue weighted by Crippen LogP contribution is 2.48. The summed E-state index contributed by atoms with van der Waals surface area (Å²) in [6.45, 7) is -0.0786. The molecule has 7 heteroatoms. The third-order valence-electron chi connectivity index (χ3n) is 5.25. The highest BCUT2D eigenvalue weighted by atomic mass is 19.1. The molecule has 2 aliphatic rings. The normalized spacial score (nSPS) is 27.8. The molecule has 6 nitrogen and oxygen atoms in total. The van der Waals surface area contributed by atoms with Crippen molar-refractivity contribution in [3.63, 3.8) is 0 Å². The maximum Gasteiger partial charge on any atom is 0.242 e. The first-order chi connectivity index (χ1) is 12.6. The van der Waals surface area contributed by atoms with Crippen molar-refractivity contribution >= 4 is 5.91 Å². The van der Waals surface area contributed by atoms with Gasteiger partial charge in [-0.1, -0.05) is 36.4 Å². The van der Waals surface area contributed by atoms with E-state index in [0.717, 1.165) is 0 Å². The second kappa shape index (κ2) is 6.68. The molecular formula is C19H20FN3O3. The smallest absolute Gasteiger partial charge is 0.242 e. The molecular weight excluding hydrogens is 337 g/mol. The molecule has 0 bridgehead atoms. The van der Waals surface area contributed by atoms with Crippen molar-refractivity contribution in [3.05, 3.63) is 65.5 Å². The Hall–Kier alpha value is -2.48. The molecule has 0 radical (unpaired) electrons. The minimum atomic E-state index is -0.559. The van der Waals surface area contributed by atoms with Crippen molar-refractivity contribution in [2.75, 3.05) is 13.2 Å². The molecule has 2 saturated heterocycles. The zero-order valence-corrected chi connectivity index (χ0v) is 14.0. The van der Waals surface area contributed by atoms with Crippen LogP contribution in [0, 0.1) is 11.7 Å². The van der Waals surface area contributed by atoms with Gasteiger partial charge in [0.25, 0.3) is 0 Å². The van der Waals surface area contributed by atoms with E-state index in [1.165, 1.54) is 11.0 Å². The van der Waals surface area contributed by atoms with Crippen LogP contribution >= 0.6 is 0 Å². The first kappa shape index (κ1) is 17.0. The summed E-state index contributed by atoms with van der Waals surface area (Å²) in [4.78, 5) is 14.4. The number of para-hydroxylation sites is 1. The fraction of sp³-hybridized carbons (Fsp3) is 0.316. The monoisotopic (exact) mass is 357 g/mol.